The number of hydrogen-bond acceptors (Lipinski definition) is 3. The fraction of sp³-hybridized carbons (Fsp3) is 0.450. The SMILES string of the molecule is CCCc1nc2c(nc1NC(=O)[C@@H](C)CC)CCc1ccccc1-2. The van der Waals surface area contributed by atoms with Crippen LogP contribution in [-0.2, 0) is 24.1 Å². The number of nitrogens with zero attached hydrogens (tertiary/aromatic N) is 2. The van der Waals surface area contributed by atoms with Gasteiger partial charge in [0.15, 0.2) is 5.82 Å². The van der Waals surface area contributed by atoms with Gasteiger partial charge in [0.2, 0.25) is 5.91 Å². The number of amides is 1. The smallest absolute Gasteiger partial charge is 0.228 e. The molecule has 1 aromatic carbocycles. The Morgan fingerprint density at radius 1 is 1.21 bits per heavy atom. The molecule has 1 aromatic heterocycles. The van der Waals surface area contributed by atoms with Gasteiger partial charge in [-0.15, -0.1) is 0 Å². The van der Waals surface area contributed by atoms with Crippen molar-refractivity contribution in [2.45, 2.75) is 52.9 Å². The van der Waals surface area contributed by atoms with Crippen LogP contribution in [0, 0.1) is 5.92 Å². The predicted molar refractivity (Wildman–Crippen MR) is 97.0 cm³/mol. The van der Waals surface area contributed by atoms with Crippen molar-refractivity contribution in [3.8, 4) is 11.3 Å². The van der Waals surface area contributed by atoms with Gasteiger partial charge in [-0.3, -0.25) is 4.79 Å². The molecular formula is C20H25N3O. The Kier molecular flexibility index (Phi) is 4.93. The standard InChI is InChI=1S/C20H25N3O/c1-4-8-17-19(23-20(24)13(3)5-2)22-16-12-11-14-9-6-7-10-15(14)18(16)21-17/h6-7,9-10,13H,4-5,8,11-12H2,1-3H3,(H,22,23,24)/t13-/m0/s1. The Morgan fingerprint density at radius 3 is 2.75 bits per heavy atom. The molecule has 0 bridgehead atoms. The second-order valence-electron chi connectivity index (χ2n) is 6.52. The van der Waals surface area contributed by atoms with Gasteiger partial charge >= 0.3 is 0 Å². The lowest BCUT2D eigenvalue weighted by molar-refractivity contribution is -0.119. The highest BCUT2D eigenvalue weighted by Gasteiger charge is 2.22. The van der Waals surface area contributed by atoms with Crippen molar-refractivity contribution in [3.05, 3.63) is 41.2 Å². The molecule has 0 radical (unpaired) electrons. The van der Waals surface area contributed by atoms with Crippen LogP contribution in [0.15, 0.2) is 24.3 Å². The molecule has 1 heterocycles. The molecule has 1 aliphatic rings. The average Bonchev–Trinajstić information content (AvgIpc) is 2.61. The van der Waals surface area contributed by atoms with Crippen molar-refractivity contribution < 1.29 is 4.79 Å². The minimum Gasteiger partial charge on any atom is -0.309 e. The van der Waals surface area contributed by atoms with Crippen LogP contribution in [0.1, 0.15) is 50.6 Å². The van der Waals surface area contributed by atoms with E-state index in [9.17, 15) is 4.79 Å². The maximum Gasteiger partial charge on any atom is 0.228 e. The predicted octanol–water partition coefficient (Wildman–Crippen LogP) is 4.18. The summed E-state index contributed by atoms with van der Waals surface area (Å²) >= 11 is 0. The molecule has 4 nitrogen and oxygen atoms in total. The average molecular weight is 323 g/mol. The van der Waals surface area contributed by atoms with Crippen LogP contribution in [0.4, 0.5) is 5.82 Å². The summed E-state index contributed by atoms with van der Waals surface area (Å²) in [6.45, 7) is 6.08. The number of hydrogen-bond donors (Lipinski definition) is 1. The second kappa shape index (κ2) is 7.12. The van der Waals surface area contributed by atoms with Crippen LogP contribution in [0.2, 0.25) is 0 Å². The van der Waals surface area contributed by atoms with Gasteiger partial charge in [-0.1, -0.05) is 51.5 Å². The fourth-order valence-electron chi connectivity index (χ4n) is 3.05. The third-order valence-corrected chi connectivity index (χ3v) is 4.73. The summed E-state index contributed by atoms with van der Waals surface area (Å²) in [6, 6.07) is 8.41. The van der Waals surface area contributed by atoms with Crippen LogP contribution in [0.25, 0.3) is 11.3 Å². The summed E-state index contributed by atoms with van der Waals surface area (Å²) in [4.78, 5) is 22.0. The molecule has 0 aliphatic heterocycles. The highest BCUT2D eigenvalue weighted by atomic mass is 16.1. The maximum absolute atomic E-state index is 12.3. The van der Waals surface area contributed by atoms with E-state index in [-0.39, 0.29) is 11.8 Å². The lowest BCUT2D eigenvalue weighted by Crippen LogP contribution is -2.23. The molecule has 126 valence electrons. The Bertz CT molecular complexity index is 755. The van der Waals surface area contributed by atoms with Crippen LogP contribution in [0.5, 0.6) is 0 Å². The quantitative estimate of drug-likeness (QED) is 0.898. The minimum absolute atomic E-state index is 0.0157. The number of anilines is 1. The minimum atomic E-state index is -0.0157. The molecule has 3 rings (SSSR count). The van der Waals surface area contributed by atoms with Crippen molar-refractivity contribution in [1.82, 2.24) is 9.97 Å². The summed E-state index contributed by atoms with van der Waals surface area (Å²) in [5, 5.41) is 3.01. The number of aromatic nitrogens is 2. The summed E-state index contributed by atoms with van der Waals surface area (Å²) in [5.41, 5.74) is 5.39. The van der Waals surface area contributed by atoms with E-state index < -0.39 is 0 Å². The third kappa shape index (κ3) is 3.18. The van der Waals surface area contributed by atoms with E-state index in [0.717, 1.165) is 49.2 Å². The van der Waals surface area contributed by atoms with E-state index in [1.54, 1.807) is 0 Å². The Balaban J connectivity index is 2.02. The Morgan fingerprint density at radius 2 is 2.00 bits per heavy atom. The molecule has 1 N–H and O–H groups in total. The first-order valence-electron chi connectivity index (χ1n) is 8.93. The van der Waals surface area contributed by atoms with Crippen molar-refractivity contribution in [2.24, 2.45) is 5.92 Å². The number of carbonyl (C=O) groups is 1. The molecule has 0 fully saturated rings. The van der Waals surface area contributed by atoms with Gasteiger partial charge < -0.3 is 5.32 Å². The first-order chi connectivity index (χ1) is 11.6. The highest BCUT2D eigenvalue weighted by Crippen LogP contribution is 2.32. The van der Waals surface area contributed by atoms with Gasteiger partial charge in [0.05, 0.1) is 17.1 Å². The number of benzene rings is 1. The van der Waals surface area contributed by atoms with Crippen molar-refractivity contribution in [1.29, 1.82) is 0 Å². The van der Waals surface area contributed by atoms with E-state index in [2.05, 4.69) is 30.4 Å². The molecule has 0 spiro atoms. The molecule has 0 saturated carbocycles. The van der Waals surface area contributed by atoms with E-state index >= 15 is 0 Å². The summed E-state index contributed by atoms with van der Waals surface area (Å²) in [7, 11) is 0. The zero-order valence-corrected chi connectivity index (χ0v) is 14.7. The zero-order chi connectivity index (χ0) is 17.1. The summed E-state index contributed by atoms with van der Waals surface area (Å²) in [6.07, 6.45) is 4.46. The largest absolute Gasteiger partial charge is 0.309 e. The second-order valence-corrected chi connectivity index (χ2v) is 6.52. The number of aryl methyl sites for hydroxylation is 3. The van der Waals surface area contributed by atoms with Crippen molar-refractivity contribution in [3.63, 3.8) is 0 Å². The highest BCUT2D eigenvalue weighted by molar-refractivity contribution is 5.92. The number of fused-ring (bicyclic) bond motifs is 3. The van der Waals surface area contributed by atoms with Crippen molar-refractivity contribution >= 4 is 11.7 Å². The molecule has 0 unspecified atom stereocenters. The molecule has 1 amide bonds. The van der Waals surface area contributed by atoms with Crippen molar-refractivity contribution in [2.75, 3.05) is 5.32 Å². The first kappa shape index (κ1) is 16.6. The van der Waals surface area contributed by atoms with E-state index in [0.29, 0.717) is 5.82 Å². The third-order valence-electron chi connectivity index (χ3n) is 4.73. The fourth-order valence-corrected chi connectivity index (χ4v) is 3.05. The van der Waals surface area contributed by atoms with Gasteiger partial charge in [-0.05, 0) is 31.2 Å². The van der Waals surface area contributed by atoms with Gasteiger partial charge in [-0.2, -0.15) is 0 Å². The van der Waals surface area contributed by atoms with E-state index in [1.807, 2.05) is 19.9 Å². The first-order valence-corrected chi connectivity index (χ1v) is 8.93. The van der Waals surface area contributed by atoms with E-state index in [1.165, 1.54) is 11.1 Å². The normalized spacial score (nSPS) is 13.8. The number of carbonyl (C=O) groups excluding carboxylic acids is 1. The molecule has 24 heavy (non-hydrogen) atoms. The monoisotopic (exact) mass is 323 g/mol. The summed E-state index contributed by atoms with van der Waals surface area (Å²) in [5.74, 6) is 0.665. The zero-order valence-electron chi connectivity index (χ0n) is 14.7. The Labute approximate surface area is 143 Å². The number of nitrogens with one attached hydrogen (secondary N) is 1. The number of rotatable bonds is 5. The maximum atomic E-state index is 12.3. The van der Waals surface area contributed by atoms with Gasteiger partial charge in [0, 0.05) is 11.5 Å². The summed E-state index contributed by atoms with van der Waals surface area (Å²) < 4.78 is 0. The molecule has 0 saturated heterocycles. The van der Waals surface area contributed by atoms with E-state index in [4.69, 9.17) is 9.97 Å². The molecular weight excluding hydrogens is 298 g/mol. The molecule has 2 aromatic rings. The molecule has 1 aliphatic carbocycles. The Hall–Kier alpha value is -2.23. The topological polar surface area (TPSA) is 54.9 Å². The molecule has 1 atom stereocenters. The van der Waals surface area contributed by atoms with Crippen LogP contribution >= 0.6 is 0 Å². The molecule has 4 heteroatoms. The lowest BCUT2D eigenvalue weighted by atomic mass is 9.91. The van der Waals surface area contributed by atoms with Gasteiger partial charge in [0.25, 0.3) is 0 Å². The van der Waals surface area contributed by atoms with Crippen LogP contribution in [0.3, 0.4) is 0 Å². The van der Waals surface area contributed by atoms with Crippen LogP contribution < -0.4 is 5.32 Å². The lowest BCUT2D eigenvalue weighted by Gasteiger charge is -2.21. The van der Waals surface area contributed by atoms with Crippen LogP contribution in [-0.4, -0.2) is 15.9 Å². The van der Waals surface area contributed by atoms with Gasteiger partial charge in [-0.25, -0.2) is 9.97 Å². The van der Waals surface area contributed by atoms with Gasteiger partial charge in [0.1, 0.15) is 0 Å².